The smallest absolute Gasteiger partial charge is 0.435 e. The third kappa shape index (κ3) is 2.92. The van der Waals surface area contributed by atoms with Gasteiger partial charge in [-0.2, -0.15) is 13.2 Å². The highest BCUT2D eigenvalue weighted by molar-refractivity contribution is 5.94. The fourth-order valence-corrected chi connectivity index (χ4v) is 2.24. The molecule has 3 heterocycles. The molecular formula is C15H12F3N3O2. The Hall–Kier alpha value is -2.77. The van der Waals surface area contributed by atoms with Crippen LogP contribution in [0.3, 0.4) is 0 Å². The number of amides is 1. The van der Waals surface area contributed by atoms with Gasteiger partial charge in [-0.3, -0.25) is 9.20 Å². The van der Waals surface area contributed by atoms with Crippen LogP contribution in [0.5, 0.6) is 0 Å². The van der Waals surface area contributed by atoms with E-state index in [1.165, 1.54) is 18.3 Å². The number of hydrogen-bond donors (Lipinski definition) is 1. The van der Waals surface area contributed by atoms with Crippen LogP contribution in [0.4, 0.5) is 13.2 Å². The molecule has 0 saturated heterocycles. The quantitative estimate of drug-likeness (QED) is 0.805. The molecule has 0 atom stereocenters. The van der Waals surface area contributed by atoms with E-state index in [0.717, 1.165) is 4.40 Å². The lowest BCUT2D eigenvalue weighted by molar-refractivity contribution is -0.141. The molecule has 0 radical (unpaired) electrons. The van der Waals surface area contributed by atoms with Crippen LogP contribution in [0, 0.1) is 6.92 Å². The normalized spacial score (nSPS) is 11.8. The number of imidazole rings is 1. The number of rotatable bonds is 3. The van der Waals surface area contributed by atoms with Gasteiger partial charge in [-0.25, -0.2) is 4.98 Å². The van der Waals surface area contributed by atoms with Gasteiger partial charge in [0.2, 0.25) is 0 Å². The molecule has 0 aliphatic heterocycles. The predicted octanol–water partition coefficient (Wildman–Crippen LogP) is 3.18. The minimum absolute atomic E-state index is 0.00988. The van der Waals surface area contributed by atoms with Crippen molar-refractivity contribution in [3.05, 3.63) is 59.4 Å². The number of halogens is 3. The zero-order valence-electron chi connectivity index (χ0n) is 12.0. The Bertz CT molecular complexity index is 864. The second kappa shape index (κ2) is 5.45. The van der Waals surface area contributed by atoms with E-state index in [1.807, 2.05) is 0 Å². The van der Waals surface area contributed by atoms with Crippen molar-refractivity contribution in [2.45, 2.75) is 19.6 Å². The summed E-state index contributed by atoms with van der Waals surface area (Å²) in [6, 6.07) is 7.84. The van der Waals surface area contributed by atoms with E-state index in [0.29, 0.717) is 11.5 Å². The summed E-state index contributed by atoms with van der Waals surface area (Å²) in [4.78, 5) is 15.8. The van der Waals surface area contributed by atoms with Crippen LogP contribution in [-0.4, -0.2) is 15.3 Å². The van der Waals surface area contributed by atoms with E-state index in [1.54, 1.807) is 25.1 Å². The van der Waals surface area contributed by atoms with Crippen LogP contribution in [0.25, 0.3) is 5.65 Å². The fourth-order valence-electron chi connectivity index (χ4n) is 2.24. The fraction of sp³-hybridized carbons (Fsp3) is 0.200. The van der Waals surface area contributed by atoms with E-state index in [2.05, 4.69) is 10.3 Å². The van der Waals surface area contributed by atoms with Crippen molar-refractivity contribution in [2.75, 3.05) is 0 Å². The van der Waals surface area contributed by atoms with E-state index in [-0.39, 0.29) is 12.2 Å². The molecule has 0 fully saturated rings. The van der Waals surface area contributed by atoms with Gasteiger partial charge in [0, 0.05) is 6.20 Å². The molecule has 120 valence electrons. The molecule has 5 nitrogen and oxygen atoms in total. The second-order valence-corrected chi connectivity index (χ2v) is 4.93. The van der Waals surface area contributed by atoms with Crippen LogP contribution >= 0.6 is 0 Å². The number of aromatic nitrogens is 2. The van der Waals surface area contributed by atoms with Crippen molar-refractivity contribution in [1.82, 2.24) is 14.7 Å². The second-order valence-electron chi connectivity index (χ2n) is 4.93. The lowest BCUT2D eigenvalue weighted by atomic mass is 10.3. The van der Waals surface area contributed by atoms with Crippen LogP contribution in [0.15, 0.2) is 40.9 Å². The van der Waals surface area contributed by atoms with E-state index < -0.39 is 23.5 Å². The maximum atomic E-state index is 13.1. The van der Waals surface area contributed by atoms with Gasteiger partial charge >= 0.3 is 6.18 Å². The molecule has 0 aliphatic rings. The predicted molar refractivity (Wildman–Crippen MR) is 74.8 cm³/mol. The third-order valence-corrected chi connectivity index (χ3v) is 3.23. The van der Waals surface area contributed by atoms with E-state index in [4.69, 9.17) is 4.42 Å². The Morgan fingerprint density at radius 3 is 2.74 bits per heavy atom. The van der Waals surface area contributed by atoms with Crippen molar-refractivity contribution >= 4 is 11.6 Å². The number of fused-ring (bicyclic) bond motifs is 1. The summed E-state index contributed by atoms with van der Waals surface area (Å²) in [6.45, 7) is 1.72. The van der Waals surface area contributed by atoms with Gasteiger partial charge in [0.05, 0.1) is 6.54 Å². The number of carbonyl (C=O) groups is 1. The molecule has 1 amide bonds. The molecule has 0 aliphatic carbocycles. The maximum absolute atomic E-state index is 13.1. The lowest BCUT2D eigenvalue weighted by Crippen LogP contribution is -2.27. The maximum Gasteiger partial charge on any atom is 0.435 e. The Kier molecular flexibility index (Phi) is 3.59. The Balaban J connectivity index is 1.95. The van der Waals surface area contributed by atoms with Crippen molar-refractivity contribution in [3.8, 4) is 0 Å². The number of pyridine rings is 1. The van der Waals surface area contributed by atoms with Crippen molar-refractivity contribution in [3.63, 3.8) is 0 Å². The molecule has 3 rings (SSSR count). The number of alkyl halides is 3. The lowest BCUT2D eigenvalue weighted by Gasteiger charge is -2.08. The van der Waals surface area contributed by atoms with E-state index >= 15 is 0 Å². The van der Waals surface area contributed by atoms with Crippen LogP contribution in [0.1, 0.15) is 27.7 Å². The minimum atomic E-state index is -4.72. The third-order valence-electron chi connectivity index (χ3n) is 3.23. The van der Waals surface area contributed by atoms with Gasteiger partial charge < -0.3 is 9.73 Å². The summed E-state index contributed by atoms with van der Waals surface area (Å²) in [6.07, 6.45) is -3.36. The molecule has 0 unspecified atom stereocenters. The SMILES string of the molecule is Cc1ccc(CNC(=O)c2c(C(F)(F)F)nc3ccccn23)o1. The minimum Gasteiger partial charge on any atom is -0.465 e. The number of furan rings is 1. The summed E-state index contributed by atoms with van der Waals surface area (Å²) in [5.41, 5.74) is -1.70. The Labute approximate surface area is 128 Å². The Morgan fingerprint density at radius 2 is 2.09 bits per heavy atom. The van der Waals surface area contributed by atoms with Gasteiger partial charge in [0.15, 0.2) is 5.69 Å². The molecule has 0 aromatic carbocycles. The number of carbonyl (C=O) groups excluding carboxylic acids is 1. The highest BCUT2D eigenvalue weighted by atomic mass is 19.4. The summed E-state index contributed by atoms with van der Waals surface area (Å²) >= 11 is 0. The van der Waals surface area contributed by atoms with Gasteiger partial charge in [-0.1, -0.05) is 6.07 Å². The topological polar surface area (TPSA) is 59.5 Å². The number of nitrogens with one attached hydrogen (secondary N) is 1. The van der Waals surface area contributed by atoms with Crippen molar-refractivity contribution in [1.29, 1.82) is 0 Å². The molecule has 8 heteroatoms. The van der Waals surface area contributed by atoms with Gasteiger partial charge in [0.25, 0.3) is 5.91 Å². The average Bonchev–Trinajstić information content (AvgIpc) is 3.07. The molecule has 3 aromatic heterocycles. The molecular weight excluding hydrogens is 311 g/mol. The summed E-state index contributed by atoms with van der Waals surface area (Å²) in [5, 5.41) is 2.43. The van der Waals surface area contributed by atoms with Crippen LogP contribution in [0.2, 0.25) is 0 Å². The van der Waals surface area contributed by atoms with Gasteiger partial charge in [-0.05, 0) is 31.2 Å². The van der Waals surface area contributed by atoms with Crippen molar-refractivity contribution < 1.29 is 22.4 Å². The zero-order valence-corrected chi connectivity index (χ0v) is 12.0. The summed E-state index contributed by atoms with van der Waals surface area (Å²) in [7, 11) is 0. The largest absolute Gasteiger partial charge is 0.465 e. The first kappa shape index (κ1) is 15.1. The molecule has 1 N–H and O–H groups in total. The molecule has 23 heavy (non-hydrogen) atoms. The zero-order chi connectivity index (χ0) is 16.6. The molecule has 0 saturated carbocycles. The van der Waals surface area contributed by atoms with Crippen LogP contribution in [-0.2, 0) is 12.7 Å². The molecule has 3 aromatic rings. The first-order valence-electron chi connectivity index (χ1n) is 6.74. The summed E-state index contributed by atoms with van der Waals surface area (Å²) < 4.78 is 45.8. The van der Waals surface area contributed by atoms with Gasteiger partial charge in [0.1, 0.15) is 22.9 Å². The first-order valence-corrected chi connectivity index (χ1v) is 6.74. The summed E-state index contributed by atoms with van der Waals surface area (Å²) in [5.74, 6) is 0.239. The van der Waals surface area contributed by atoms with Crippen molar-refractivity contribution in [2.24, 2.45) is 0 Å². The highest BCUT2D eigenvalue weighted by Crippen LogP contribution is 2.31. The van der Waals surface area contributed by atoms with Crippen LogP contribution < -0.4 is 5.32 Å². The number of aryl methyl sites for hydroxylation is 1. The van der Waals surface area contributed by atoms with Gasteiger partial charge in [-0.15, -0.1) is 0 Å². The number of hydrogen-bond acceptors (Lipinski definition) is 3. The molecule has 0 bridgehead atoms. The monoisotopic (exact) mass is 323 g/mol. The average molecular weight is 323 g/mol. The Morgan fingerprint density at radius 1 is 1.30 bits per heavy atom. The number of nitrogens with zero attached hydrogens (tertiary/aromatic N) is 2. The highest BCUT2D eigenvalue weighted by Gasteiger charge is 2.40. The first-order chi connectivity index (χ1) is 10.9. The standard InChI is InChI=1S/C15H12F3N3O2/c1-9-5-6-10(23-9)8-19-14(22)12-13(15(16,17)18)20-11-4-2-3-7-21(11)12/h2-7H,8H2,1H3,(H,19,22). The molecule has 0 spiro atoms. The van der Waals surface area contributed by atoms with E-state index in [9.17, 15) is 18.0 Å².